The first-order valence-electron chi connectivity index (χ1n) is 8.74. The molecule has 0 aliphatic carbocycles. The third-order valence-corrected chi connectivity index (χ3v) is 5.47. The molecular formula is C20H23NO7S. The average molecular weight is 421 g/mol. The lowest BCUT2D eigenvalue weighted by Crippen LogP contribution is -2.30. The smallest absolute Gasteiger partial charge is 0.343 e. The summed E-state index contributed by atoms with van der Waals surface area (Å²) in [6.45, 7) is 3.37. The molecule has 0 heterocycles. The van der Waals surface area contributed by atoms with E-state index in [0.29, 0.717) is 5.56 Å². The van der Waals surface area contributed by atoms with Crippen LogP contribution in [-0.4, -0.2) is 40.6 Å². The molecule has 2 aromatic carbocycles. The van der Waals surface area contributed by atoms with Gasteiger partial charge in [0, 0.05) is 6.04 Å². The first-order chi connectivity index (χ1) is 13.7. The van der Waals surface area contributed by atoms with Crippen LogP contribution in [0, 0.1) is 0 Å². The van der Waals surface area contributed by atoms with Crippen LogP contribution in [0.25, 0.3) is 0 Å². The second-order valence-corrected chi connectivity index (χ2v) is 8.11. The van der Waals surface area contributed by atoms with Crippen molar-refractivity contribution in [3.05, 3.63) is 53.6 Å². The number of esters is 2. The highest BCUT2D eigenvalue weighted by molar-refractivity contribution is 7.89. The third kappa shape index (κ3) is 6.03. The van der Waals surface area contributed by atoms with Gasteiger partial charge in [-0.05, 0) is 49.7 Å². The van der Waals surface area contributed by atoms with E-state index in [0.717, 1.165) is 0 Å². The predicted molar refractivity (Wildman–Crippen MR) is 106 cm³/mol. The normalized spacial score (nSPS) is 11.2. The minimum atomic E-state index is -3.88. The van der Waals surface area contributed by atoms with Crippen LogP contribution in [0.5, 0.6) is 11.5 Å². The Morgan fingerprint density at radius 2 is 1.69 bits per heavy atom. The minimum absolute atomic E-state index is 0.0496. The zero-order valence-electron chi connectivity index (χ0n) is 16.6. The molecule has 0 aliphatic rings. The summed E-state index contributed by atoms with van der Waals surface area (Å²) >= 11 is 0. The van der Waals surface area contributed by atoms with Crippen LogP contribution in [0.1, 0.15) is 29.8 Å². The Morgan fingerprint density at radius 3 is 2.24 bits per heavy atom. The molecule has 2 rings (SSSR count). The van der Waals surface area contributed by atoms with Gasteiger partial charge in [-0.1, -0.05) is 12.1 Å². The zero-order chi connectivity index (χ0) is 21.6. The van der Waals surface area contributed by atoms with E-state index in [4.69, 9.17) is 9.47 Å². The molecule has 0 spiro atoms. The molecule has 156 valence electrons. The van der Waals surface area contributed by atoms with Gasteiger partial charge in [-0.15, -0.1) is 0 Å². The van der Waals surface area contributed by atoms with E-state index >= 15 is 0 Å². The Labute approximate surface area is 169 Å². The van der Waals surface area contributed by atoms with Crippen LogP contribution >= 0.6 is 0 Å². The van der Waals surface area contributed by atoms with Crippen molar-refractivity contribution in [1.82, 2.24) is 4.72 Å². The van der Waals surface area contributed by atoms with Gasteiger partial charge in [0.15, 0.2) is 0 Å². The Hall–Kier alpha value is -2.91. The molecule has 9 heteroatoms. The monoisotopic (exact) mass is 421 g/mol. The fourth-order valence-corrected chi connectivity index (χ4v) is 3.91. The number of hydrogen-bond donors (Lipinski definition) is 1. The first-order valence-corrected chi connectivity index (χ1v) is 10.2. The standard InChI is InChI=1S/C20H23NO7S/c1-13(2)21-29(24,25)18-12-15(7-10-17(18)26-3)20(23)28-16-8-5-14(6-9-16)11-19(22)27-4/h5-10,12-13,21H,11H2,1-4H3. The van der Waals surface area contributed by atoms with Crippen LogP contribution < -0.4 is 14.2 Å². The van der Waals surface area contributed by atoms with Crippen molar-refractivity contribution in [3.63, 3.8) is 0 Å². The first kappa shape index (κ1) is 22.4. The Kier molecular flexibility index (Phi) is 7.35. The van der Waals surface area contributed by atoms with E-state index in [1.54, 1.807) is 26.0 Å². The molecule has 0 radical (unpaired) electrons. The van der Waals surface area contributed by atoms with Crippen molar-refractivity contribution in [2.45, 2.75) is 31.2 Å². The number of rotatable bonds is 8. The van der Waals surface area contributed by atoms with E-state index in [2.05, 4.69) is 9.46 Å². The van der Waals surface area contributed by atoms with Crippen molar-refractivity contribution in [2.24, 2.45) is 0 Å². The lowest BCUT2D eigenvalue weighted by Gasteiger charge is -2.14. The summed E-state index contributed by atoms with van der Waals surface area (Å²) in [5.41, 5.74) is 0.753. The van der Waals surface area contributed by atoms with Crippen molar-refractivity contribution < 1.29 is 32.2 Å². The number of nitrogens with one attached hydrogen (secondary N) is 1. The molecule has 0 unspecified atom stereocenters. The van der Waals surface area contributed by atoms with Gasteiger partial charge in [0.25, 0.3) is 0 Å². The van der Waals surface area contributed by atoms with Crippen LogP contribution in [0.3, 0.4) is 0 Å². The maximum atomic E-state index is 12.5. The van der Waals surface area contributed by atoms with Gasteiger partial charge in [0.2, 0.25) is 10.0 Å². The number of ether oxygens (including phenoxy) is 3. The second kappa shape index (κ2) is 9.53. The summed E-state index contributed by atoms with van der Waals surface area (Å²) in [6, 6.07) is 10.0. The Morgan fingerprint density at radius 1 is 1.03 bits per heavy atom. The van der Waals surface area contributed by atoms with Crippen LogP contribution in [0.15, 0.2) is 47.4 Å². The molecule has 8 nitrogen and oxygen atoms in total. The number of methoxy groups -OCH3 is 2. The largest absolute Gasteiger partial charge is 0.495 e. The molecular weight excluding hydrogens is 398 g/mol. The highest BCUT2D eigenvalue weighted by Crippen LogP contribution is 2.26. The summed E-state index contributed by atoms with van der Waals surface area (Å²) in [5.74, 6) is -0.739. The van der Waals surface area contributed by atoms with Gasteiger partial charge in [-0.25, -0.2) is 17.9 Å². The van der Waals surface area contributed by atoms with E-state index in [9.17, 15) is 18.0 Å². The number of carbonyl (C=O) groups is 2. The van der Waals surface area contributed by atoms with Gasteiger partial charge in [-0.3, -0.25) is 4.79 Å². The summed E-state index contributed by atoms with van der Waals surface area (Å²) < 4.78 is 42.5. The van der Waals surface area contributed by atoms with E-state index in [1.165, 1.54) is 44.6 Å². The predicted octanol–water partition coefficient (Wildman–Crippen LogP) is 2.32. The third-order valence-electron chi connectivity index (χ3n) is 3.79. The molecule has 0 amide bonds. The van der Waals surface area contributed by atoms with Gasteiger partial charge in [-0.2, -0.15) is 0 Å². The minimum Gasteiger partial charge on any atom is -0.495 e. The van der Waals surface area contributed by atoms with Gasteiger partial charge in [0.1, 0.15) is 16.4 Å². The molecule has 29 heavy (non-hydrogen) atoms. The van der Waals surface area contributed by atoms with Crippen molar-refractivity contribution in [3.8, 4) is 11.5 Å². The van der Waals surface area contributed by atoms with Gasteiger partial charge >= 0.3 is 11.9 Å². The second-order valence-electron chi connectivity index (χ2n) is 6.43. The number of carbonyl (C=O) groups excluding carboxylic acids is 2. The molecule has 0 saturated carbocycles. The SMILES string of the molecule is COC(=O)Cc1ccc(OC(=O)c2ccc(OC)c(S(=O)(=O)NC(C)C)c2)cc1. The molecule has 0 fully saturated rings. The molecule has 0 atom stereocenters. The van der Waals surface area contributed by atoms with Crippen molar-refractivity contribution in [2.75, 3.05) is 14.2 Å². The maximum Gasteiger partial charge on any atom is 0.343 e. The summed E-state index contributed by atoms with van der Waals surface area (Å²) in [6.07, 6.45) is 0.104. The highest BCUT2D eigenvalue weighted by Gasteiger charge is 2.23. The van der Waals surface area contributed by atoms with E-state index < -0.39 is 16.0 Å². The molecule has 0 aliphatic heterocycles. The lowest BCUT2D eigenvalue weighted by atomic mass is 10.1. The lowest BCUT2D eigenvalue weighted by molar-refractivity contribution is -0.139. The number of sulfonamides is 1. The average Bonchev–Trinajstić information content (AvgIpc) is 2.67. The Bertz CT molecular complexity index is 982. The summed E-state index contributed by atoms with van der Waals surface area (Å²) in [7, 11) is -1.23. The number of hydrogen-bond acceptors (Lipinski definition) is 7. The zero-order valence-corrected chi connectivity index (χ0v) is 17.4. The maximum absolute atomic E-state index is 12.5. The molecule has 2 aromatic rings. The van der Waals surface area contributed by atoms with Crippen LogP contribution in [-0.2, 0) is 26.0 Å². The van der Waals surface area contributed by atoms with Crippen molar-refractivity contribution in [1.29, 1.82) is 0 Å². The van der Waals surface area contributed by atoms with Gasteiger partial charge in [0.05, 0.1) is 26.2 Å². The van der Waals surface area contributed by atoms with Crippen molar-refractivity contribution >= 4 is 22.0 Å². The van der Waals surface area contributed by atoms with Crippen LogP contribution in [0.4, 0.5) is 0 Å². The van der Waals surface area contributed by atoms with Crippen LogP contribution in [0.2, 0.25) is 0 Å². The topological polar surface area (TPSA) is 108 Å². The van der Waals surface area contributed by atoms with Gasteiger partial charge < -0.3 is 14.2 Å². The quantitative estimate of drug-likeness (QED) is 0.515. The molecule has 1 N–H and O–H groups in total. The molecule has 0 saturated heterocycles. The summed E-state index contributed by atoms with van der Waals surface area (Å²) in [5, 5.41) is 0. The highest BCUT2D eigenvalue weighted by atomic mass is 32.2. The Balaban J connectivity index is 2.23. The fourth-order valence-electron chi connectivity index (χ4n) is 2.47. The molecule has 0 bridgehead atoms. The number of benzene rings is 2. The van der Waals surface area contributed by atoms with E-state index in [-0.39, 0.29) is 40.4 Å². The fraction of sp³-hybridized carbons (Fsp3) is 0.300. The molecule has 0 aromatic heterocycles. The summed E-state index contributed by atoms with van der Waals surface area (Å²) in [4.78, 5) is 23.6. The van der Waals surface area contributed by atoms with E-state index in [1.807, 2.05) is 0 Å².